The quantitative estimate of drug-likeness (QED) is 0.145. The third kappa shape index (κ3) is 11.0. The van der Waals surface area contributed by atoms with Gasteiger partial charge in [-0.1, -0.05) is 30.3 Å². The first kappa shape index (κ1) is 28.0. The van der Waals surface area contributed by atoms with Gasteiger partial charge in [0.1, 0.15) is 12.1 Å². The lowest BCUT2D eigenvalue weighted by atomic mass is 10.0. The van der Waals surface area contributed by atoms with Gasteiger partial charge in [-0.05, 0) is 24.8 Å². The van der Waals surface area contributed by atoms with Gasteiger partial charge in [-0.3, -0.25) is 24.0 Å². The molecule has 13 heteroatoms. The van der Waals surface area contributed by atoms with Crippen LogP contribution in [0.15, 0.2) is 30.3 Å². The van der Waals surface area contributed by atoms with Gasteiger partial charge >= 0.3 is 11.9 Å². The van der Waals surface area contributed by atoms with Crippen LogP contribution in [-0.2, 0) is 35.2 Å². The van der Waals surface area contributed by atoms with Crippen molar-refractivity contribution in [3.8, 4) is 0 Å². The summed E-state index contributed by atoms with van der Waals surface area (Å²) in [5, 5.41) is 24.5. The molecule has 0 spiro atoms. The molecule has 0 aromatic heterocycles. The van der Waals surface area contributed by atoms with E-state index >= 15 is 0 Å². The highest BCUT2D eigenvalue weighted by Crippen LogP contribution is 2.04. The number of carbonyl (C=O) groups excluding carboxylic acids is 4. The number of aliphatic carboxylic acids is 2. The largest absolute Gasteiger partial charge is 0.481 e. The molecule has 13 nitrogen and oxygen atoms in total. The molecule has 0 heterocycles. The van der Waals surface area contributed by atoms with Gasteiger partial charge in [0.25, 0.3) is 0 Å². The van der Waals surface area contributed by atoms with Crippen LogP contribution >= 0.6 is 0 Å². The number of carbonyl (C=O) groups is 6. The molecular weight excluding hydrogens is 450 g/mol. The van der Waals surface area contributed by atoms with Gasteiger partial charge in [-0.2, -0.15) is 0 Å². The second-order valence-electron chi connectivity index (χ2n) is 7.47. The Labute approximate surface area is 195 Å². The fourth-order valence-electron chi connectivity index (χ4n) is 2.86. The Morgan fingerprint density at radius 2 is 1.47 bits per heavy atom. The van der Waals surface area contributed by atoms with Gasteiger partial charge in [-0.25, -0.2) is 4.79 Å². The standard InChI is InChI=1S/C21H29N5O8/c22-13(10-12-4-2-1-3-5-12)19(31)26-14(6-8-16(23)27)20(32)24-11-17(28)25-15(21(33)34)7-9-18(29)30/h1-5,13-15H,6-11,22H2,(H2,23,27)(H,24,32)(H,25,28)(H,26,31)(H,29,30)(H,33,34). The predicted octanol–water partition coefficient (Wildman–Crippen LogP) is -2.14. The number of nitrogens with two attached hydrogens (primary N) is 2. The molecule has 0 fully saturated rings. The van der Waals surface area contributed by atoms with Crippen LogP contribution in [0.3, 0.4) is 0 Å². The minimum absolute atomic E-state index is 0.150. The zero-order valence-corrected chi connectivity index (χ0v) is 18.4. The first-order valence-corrected chi connectivity index (χ1v) is 10.4. The SMILES string of the molecule is NC(=O)CCC(NC(=O)C(N)Cc1ccccc1)C(=O)NCC(=O)NC(CCC(=O)O)C(=O)O. The summed E-state index contributed by atoms with van der Waals surface area (Å²) in [4.78, 5) is 69.9. The van der Waals surface area contributed by atoms with Crippen molar-refractivity contribution in [1.29, 1.82) is 0 Å². The lowest BCUT2D eigenvalue weighted by Crippen LogP contribution is -2.54. The second kappa shape index (κ2) is 14.2. The number of carboxylic acids is 2. The average molecular weight is 479 g/mol. The molecule has 34 heavy (non-hydrogen) atoms. The first-order chi connectivity index (χ1) is 16.0. The maximum atomic E-state index is 12.5. The number of primary amides is 1. The van der Waals surface area contributed by atoms with Crippen LogP contribution in [0.1, 0.15) is 31.2 Å². The zero-order chi connectivity index (χ0) is 25.7. The Hall–Kier alpha value is -4.00. The van der Waals surface area contributed by atoms with Crippen LogP contribution < -0.4 is 27.4 Å². The summed E-state index contributed by atoms with van der Waals surface area (Å²) in [6.45, 7) is -0.644. The van der Waals surface area contributed by atoms with Crippen LogP contribution in [0.25, 0.3) is 0 Å². The number of nitrogens with one attached hydrogen (secondary N) is 3. The zero-order valence-electron chi connectivity index (χ0n) is 18.4. The Bertz CT molecular complexity index is 892. The highest BCUT2D eigenvalue weighted by Gasteiger charge is 2.26. The molecule has 0 aliphatic rings. The van der Waals surface area contributed by atoms with Gasteiger partial charge in [0.05, 0.1) is 12.6 Å². The van der Waals surface area contributed by atoms with E-state index in [0.717, 1.165) is 5.56 Å². The molecule has 1 rings (SSSR count). The molecule has 9 N–H and O–H groups in total. The topological polar surface area (TPSA) is 231 Å². The van der Waals surface area contributed by atoms with Gasteiger partial charge in [0, 0.05) is 12.8 Å². The highest BCUT2D eigenvalue weighted by molar-refractivity contribution is 5.93. The van der Waals surface area contributed by atoms with E-state index in [-0.39, 0.29) is 25.7 Å². The molecule has 1 aromatic rings. The van der Waals surface area contributed by atoms with E-state index in [1.165, 1.54) is 0 Å². The fraction of sp³-hybridized carbons (Fsp3) is 0.429. The maximum absolute atomic E-state index is 12.5. The van der Waals surface area contributed by atoms with Crippen molar-refractivity contribution in [3.63, 3.8) is 0 Å². The van der Waals surface area contributed by atoms with E-state index in [0.29, 0.717) is 0 Å². The summed E-state index contributed by atoms with van der Waals surface area (Å²) < 4.78 is 0. The van der Waals surface area contributed by atoms with Crippen LogP contribution in [0.2, 0.25) is 0 Å². The molecule has 0 bridgehead atoms. The van der Waals surface area contributed by atoms with Crippen LogP contribution in [-0.4, -0.2) is 70.5 Å². The van der Waals surface area contributed by atoms with E-state index < -0.39 is 66.7 Å². The molecule has 3 unspecified atom stereocenters. The number of benzene rings is 1. The summed E-state index contributed by atoms with van der Waals surface area (Å²) in [6.07, 6.45) is -1.00. The molecule has 0 aliphatic heterocycles. The maximum Gasteiger partial charge on any atom is 0.326 e. The number of rotatable bonds is 15. The van der Waals surface area contributed by atoms with Crippen LogP contribution in [0.4, 0.5) is 0 Å². The van der Waals surface area contributed by atoms with Crippen molar-refractivity contribution in [2.24, 2.45) is 11.5 Å². The van der Waals surface area contributed by atoms with E-state index in [1.807, 2.05) is 0 Å². The van der Waals surface area contributed by atoms with Crippen molar-refractivity contribution in [3.05, 3.63) is 35.9 Å². The average Bonchev–Trinajstić information content (AvgIpc) is 2.77. The highest BCUT2D eigenvalue weighted by atomic mass is 16.4. The Balaban J connectivity index is 2.69. The molecule has 4 amide bonds. The molecule has 0 saturated carbocycles. The summed E-state index contributed by atoms with van der Waals surface area (Å²) in [5.74, 6) is -5.72. The summed E-state index contributed by atoms with van der Waals surface area (Å²) in [6, 6.07) is 5.27. The lowest BCUT2D eigenvalue weighted by molar-refractivity contribution is -0.143. The Kier molecular flexibility index (Phi) is 11.7. The normalized spacial score (nSPS) is 13.1. The third-order valence-electron chi connectivity index (χ3n) is 4.65. The minimum atomic E-state index is -1.46. The van der Waals surface area contributed by atoms with Crippen LogP contribution in [0, 0.1) is 0 Å². The molecule has 186 valence electrons. The van der Waals surface area contributed by atoms with E-state index in [4.69, 9.17) is 21.7 Å². The van der Waals surface area contributed by atoms with Crippen molar-refractivity contribution in [1.82, 2.24) is 16.0 Å². The van der Waals surface area contributed by atoms with Crippen molar-refractivity contribution in [2.75, 3.05) is 6.54 Å². The fourth-order valence-corrected chi connectivity index (χ4v) is 2.86. The number of carboxylic acid groups (broad SMARTS) is 2. The summed E-state index contributed by atoms with van der Waals surface area (Å²) in [5.41, 5.74) is 11.8. The number of hydrogen-bond donors (Lipinski definition) is 7. The lowest BCUT2D eigenvalue weighted by Gasteiger charge is -2.21. The first-order valence-electron chi connectivity index (χ1n) is 10.4. The summed E-state index contributed by atoms with van der Waals surface area (Å²) >= 11 is 0. The predicted molar refractivity (Wildman–Crippen MR) is 118 cm³/mol. The van der Waals surface area contributed by atoms with Crippen molar-refractivity contribution in [2.45, 2.75) is 50.2 Å². The van der Waals surface area contributed by atoms with Gasteiger partial charge in [0.2, 0.25) is 23.6 Å². The van der Waals surface area contributed by atoms with Crippen molar-refractivity contribution >= 4 is 35.6 Å². The van der Waals surface area contributed by atoms with E-state index in [9.17, 15) is 28.8 Å². The molecule has 0 saturated heterocycles. The molecule has 3 atom stereocenters. The van der Waals surface area contributed by atoms with Gasteiger partial charge < -0.3 is 37.6 Å². The number of hydrogen-bond acceptors (Lipinski definition) is 7. The molecule has 0 aliphatic carbocycles. The summed E-state index contributed by atoms with van der Waals surface area (Å²) in [7, 11) is 0. The van der Waals surface area contributed by atoms with E-state index in [2.05, 4.69) is 16.0 Å². The van der Waals surface area contributed by atoms with Gasteiger partial charge in [0.15, 0.2) is 0 Å². The smallest absolute Gasteiger partial charge is 0.326 e. The molecular formula is C21H29N5O8. The van der Waals surface area contributed by atoms with Crippen LogP contribution in [0.5, 0.6) is 0 Å². The molecule has 0 radical (unpaired) electrons. The van der Waals surface area contributed by atoms with Crippen molar-refractivity contribution < 1.29 is 39.0 Å². The van der Waals surface area contributed by atoms with E-state index in [1.54, 1.807) is 30.3 Å². The Morgan fingerprint density at radius 1 is 0.853 bits per heavy atom. The second-order valence-corrected chi connectivity index (χ2v) is 7.47. The third-order valence-corrected chi connectivity index (χ3v) is 4.65. The monoisotopic (exact) mass is 479 g/mol. The number of amides is 4. The minimum Gasteiger partial charge on any atom is -0.481 e. The Morgan fingerprint density at radius 3 is 2.03 bits per heavy atom. The molecule has 1 aromatic carbocycles. The van der Waals surface area contributed by atoms with Gasteiger partial charge in [-0.15, -0.1) is 0 Å².